The van der Waals surface area contributed by atoms with Gasteiger partial charge in [-0.05, 0) is 63.3 Å². The molecule has 0 aromatic heterocycles. The molecule has 2 aliphatic carbocycles. The second-order valence-corrected chi connectivity index (χ2v) is 9.54. The van der Waals surface area contributed by atoms with Gasteiger partial charge in [0, 0.05) is 37.4 Å². The first kappa shape index (κ1) is 34.6. The molecule has 1 unspecified atom stereocenters. The van der Waals surface area contributed by atoms with Gasteiger partial charge in [0.05, 0.1) is 11.9 Å². The Kier molecular flexibility index (Phi) is 18.4. The van der Waals surface area contributed by atoms with Gasteiger partial charge in [0.25, 0.3) is 0 Å². The van der Waals surface area contributed by atoms with Crippen LogP contribution in [0, 0.1) is 24.5 Å². The molecule has 3 rings (SSSR count). The number of rotatable bonds is 11. The molecule has 0 amide bonds. The fourth-order valence-corrected chi connectivity index (χ4v) is 4.17. The van der Waals surface area contributed by atoms with E-state index in [2.05, 4.69) is 79.9 Å². The van der Waals surface area contributed by atoms with Crippen LogP contribution >= 0.6 is 0 Å². The van der Waals surface area contributed by atoms with Crippen molar-refractivity contribution in [1.82, 2.24) is 20.9 Å². The van der Waals surface area contributed by atoms with Gasteiger partial charge in [-0.1, -0.05) is 47.1 Å². The Hall–Kier alpha value is -2.43. The zero-order chi connectivity index (χ0) is 28.3. The molecule has 0 radical (unpaired) electrons. The molecule has 2 aliphatic rings. The first-order valence-electron chi connectivity index (χ1n) is 13.7. The minimum Gasteiger partial charge on any atom is -0.369 e. The van der Waals surface area contributed by atoms with Crippen molar-refractivity contribution in [2.45, 2.75) is 91.1 Å². The summed E-state index contributed by atoms with van der Waals surface area (Å²) < 4.78 is 27.4. The zero-order valence-corrected chi connectivity index (χ0v) is 24.1. The van der Waals surface area contributed by atoms with Crippen molar-refractivity contribution in [3.63, 3.8) is 0 Å². The molecule has 0 saturated heterocycles. The lowest BCUT2D eigenvalue weighted by molar-refractivity contribution is 0.303. The number of nitrogens with zero attached hydrogens (tertiary/aromatic N) is 2. The second kappa shape index (κ2) is 19.7. The first-order valence-corrected chi connectivity index (χ1v) is 13.7. The number of aliphatic imine (C=N–C) groups is 1. The molecular formula is C30H51F2N5. The molecule has 1 atom stereocenters. The number of hydrogen-bond donors (Lipinski definition) is 3. The quantitative estimate of drug-likeness (QED) is 0.201. The number of nitrogens with one attached hydrogen (secondary N) is 3. The van der Waals surface area contributed by atoms with E-state index in [1.807, 2.05) is 13.4 Å². The number of aryl methyl sites for hydroxylation is 1. The van der Waals surface area contributed by atoms with Gasteiger partial charge in [0.2, 0.25) is 0 Å². The lowest BCUT2D eigenvalue weighted by Crippen LogP contribution is -2.43. The second-order valence-electron chi connectivity index (χ2n) is 9.54. The highest BCUT2D eigenvalue weighted by molar-refractivity contribution is 5.57. The van der Waals surface area contributed by atoms with Crippen LogP contribution < -0.4 is 16.0 Å². The van der Waals surface area contributed by atoms with Crippen molar-refractivity contribution in [2.75, 3.05) is 33.4 Å². The fraction of sp³-hybridized carbons (Fsp3) is 0.633. The highest BCUT2D eigenvalue weighted by atomic mass is 19.1. The van der Waals surface area contributed by atoms with E-state index in [-0.39, 0.29) is 11.6 Å². The predicted molar refractivity (Wildman–Crippen MR) is 156 cm³/mol. The average molecular weight is 520 g/mol. The van der Waals surface area contributed by atoms with Gasteiger partial charge in [0.15, 0.2) is 0 Å². The first-order chi connectivity index (χ1) is 17.8. The Morgan fingerprint density at radius 1 is 1.16 bits per heavy atom. The standard InChI is InChI=1S/C22H33F2N5.2C3H8.C2H2/c1-4-29(22(7-8-22)13-25-3)15-26-14-28-16(2)12-27-19-6-5-17-9-18(23)10-21(24)20(17)11-19;2*1-3-2;1-2/h9-10,15,19,25,27-28H,2,4-8,11-14H2,1,3H3;2*3H2,1-2H3;1-2H/b26-15-;;;. The largest absolute Gasteiger partial charge is 0.369 e. The average Bonchev–Trinajstić information content (AvgIpc) is 3.65. The maximum Gasteiger partial charge on any atom is 0.129 e. The van der Waals surface area contributed by atoms with Crippen molar-refractivity contribution in [2.24, 2.45) is 4.99 Å². The van der Waals surface area contributed by atoms with E-state index < -0.39 is 11.6 Å². The molecule has 1 aromatic carbocycles. The van der Waals surface area contributed by atoms with Crippen molar-refractivity contribution >= 4 is 6.34 Å². The Morgan fingerprint density at radius 3 is 2.32 bits per heavy atom. The van der Waals surface area contributed by atoms with Crippen LogP contribution in [0.4, 0.5) is 8.78 Å². The highest BCUT2D eigenvalue weighted by Gasteiger charge is 2.45. The maximum atomic E-state index is 14.0. The van der Waals surface area contributed by atoms with Crippen LogP contribution in [0.5, 0.6) is 0 Å². The van der Waals surface area contributed by atoms with Gasteiger partial charge in [-0.25, -0.2) is 8.78 Å². The number of terminal acetylenes is 1. The van der Waals surface area contributed by atoms with E-state index in [0.717, 1.165) is 36.8 Å². The summed E-state index contributed by atoms with van der Waals surface area (Å²) in [5, 5.41) is 9.92. The SMILES string of the molecule is C#C.C=C(CNC1CCc2cc(F)cc(F)c2C1)NC/N=C\N(CC)C1(CNC)CC1.CCC.CCC. The Labute approximate surface area is 225 Å². The van der Waals surface area contributed by atoms with Crippen LogP contribution in [0.1, 0.15) is 77.8 Å². The molecule has 0 bridgehead atoms. The third-order valence-corrected chi connectivity index (χ3v) is 5.99. The van der Waals surface area contributed by atoms with Crippen molar-refractivity contribution in [3.8, 4) is 12.8 Å². The van der Waals surface area contributed by atoms with Crippen molar-refractivity contribution in [3.05, 3.63) is 47.2 Å². The number of benzene rings is 1. The predicted octanol–water partition coefficient (Wildman–Crippen LogP) is 5.66. The van der Waals surface area contributed by atoms with Crippen LogP contribution in [-0.4, -0.2) is 56.2 Å². The number of hydrogen-bond acceptors (Lipinski definition) is 4. The zero-order valence-electron chi connectivity index (χ0n) is 24.1. The molecule has 1 fully saturated rings. The molecular weight excluding hydrogens is 468 g/mol. The number of fused-ring (bicyclic) bond motifs is 1. The smallest absolute Gasteiger partial charge is 0.129 e. The summed E-state index contributed by atoms with van der Waals surface area (Å²) in [5.41, 5.74) is 2.51. The van der Waals surface area contributed by atoms with Gasteiger partial charge in [-0.3, -0.25) is 4.99 Å². The van der Waals surface area contributed by atoms with E-state index in [9.17, 15) is 8.78 Å². The molecule has 1 saturated carbocycles. The molecule has 1 aromatic rings. The Bertz CT molecular complexity index is 816. The molecule has 210 valence electrons. The number of halogens is 2. The number of likely N-dealkylation sites (N-methyl/N-ethyl adjacent to an activating group) is 2. The van der Waals surface area contributed by atoms with Gasteiger partial charge in [-0.2, -0.15) is 0 Å². The summed E-state index contributed by atoms with van der Waals surface area (Å²) in [7, 11) is 1.99. The summed E-state index contributed by atoms with van der Waals surface area (Å²) >= 11 is 0. The van der Waals surface area contributed by atoms with Crippen LogP contribution in [0.2, 0.25) is 0 Å². The molecule has 7 heteroatoms. The molecule has 0 spiro atoms. The molecule has 5 nitrogen and oxygen atoms in total. The third-order valence-electron chi connectivity index (χ3n) is 5.99. The normalized spacial score (nSPS) is 16.5. The Morgan fingerprint density at radius 2 is 1.78 bits per heavy atom. The van der Waals surface area contributed by atoms with Gasteiger partial charge in [0.1, 0.15) is 18.3 Å². The van der Waals surface area contributed by atoms with Crippen LogP contribution in [0.3, 0.4) is 0 Å². The lowest BCUT2D eigenvalue weighted by atomic mass is 9.88. The van der Waals surface area contributed by atoms with Crippen LogP contribution in [0.15, 0.2) is 29.4 Å². The summed E-state index contributed by atoms with van der Waals surface area (Å²) in [6, 6.07) is 2.59. The van der Waals surface area contributed by atoms with Crippen molar-refractivity contribution < 1.29 is 8.78 Å². The summed E-state index contributed by atoms with van der Waals surface area (Å²) in [4.78, 5) is 6.81. The third kappa shape index (κ3) is 12.6. The molecule has 0 aliphatic heterocycles. The van der Waals surface area contributed by atoms with Gasteiger partial charge < -0.3 is 20.9 Å². The summed E-state index contributed by atoms with van der Waals surface area (Å²) in [5.74, 6) is -0.934. The molecule has 3 N–H and O–H groups in total. The monoisotopic (exact) mass is 519 g/mol. The van der Waals surface area contributed by atoms with E-state index in [4.69, 9.17) is 0 Å². The van der Waals surface area contributed by atoms with E-state index in [1.165, 1.54) is 31.7 Å². The van der Waals surface area contributed by atoms with Gasteiger partial charge >= 0.3 is 0 Å². The topological polar surface area (TPSA) is 51.7 Å². The van der Waals surface area contributed by atoms with E-state index >= 15 is 0 Å². The summed E-state index contributed by atoms with van der Waals surface area (Å²) in [6.07, 6.45) is 17.0. The maximum absolute atomic E-state index is 14.0. The lowest BCUT2D eigenvalue weighted by Gasteiger charge is -2.29. The van der Waals surface area contributed by atoms with Crippen LogP contribution in [0.25, 0.3) is 0 Å². The molecule has 37 heavy (non-hydrogen) atoms. The fourth-order valence-electron chi connectivity index (χ4n) is 4.17. The van der Waals surface area contributed by atoms with Gasteiger partial charge in [-0.15, -0.1) is 12.8 Å². The highest BCUT2D eigenvalue weighted by Crippen LogP contribution is 2.40. The Balaban J connectivity index is 0.00000145. The molecule has 0 heterocycles. The van der Waals surface area contributed by atoms with E-state index in [1.54, 1.807) is 0 Å². The minimum atomic E-state index is -0.494. The van der Waals surface area contributed by atoms with Crippen LogP contribution in [-0.2, 0) is 12.8 Å². The van der Waals surface area contributed by atoms with Crippen molar-refractivity contribution in [1.29, 1.82) is 0 Å². The van der Waals surface area contributed by atoms with E-state index in [0.29, 0.717) is 31.6 Å². The summed E-state index contributed by atoms with van der Waals surface area (Å²) in [6.45, 7) is 17.7. The minimum absolute atomic E-state index is 0.163.